The van der Waals surface area contributed by atoms with Crippen molar-refractivity contribution in [2.75, 3.05) is 0 Å². The molecule has 0 radical (unpaired) electrons. The third-order valence-corrected chi connectivity index (χ3v) is 2.96. The molecule has 3 nitrogen and oxygen atoms in total. The van der Waals surface area contributed by atoms with Crippen LogP contribution in [0.1, 0.15) is 31.9 Å². The fourth-order valence-electron chi connectivity index (χ4n) is 1.44. The van der Waals surface area contributed by atoms with Crippen molar-refractivity contribution in [1.29, 1.82) is 0 Å². The summed E-state index contributed by atoms with van der Waals surface area (Å²) < 4.78 is 0. The van der Waals surface area contributed by atoms with E-state index in [0.29, 0.717) is 6.54 Å². The average Bonchev–Trinajstić information content (AvgIpc) is 2.26. The summed E-state index contributed by atoms with van der Waals surface area (Å²) in [5.74, 6) is 0.123. The summed E-state index contributed by atoms with van der Waals surface area (Å²) in [5, 5.41) is 10.3. The summed E-state index contributed by atoms with van der Waals surface area (Å²) in [5.41, 5.74) is 0.892. The molecule has 0 aliphatic heterocycles. The van der Waals surface area contributed by atoms with Gasteiger partial charge in [-0.15, -0.1) is 0 Å². The first-order valence-corrected chi connectivity index (χ1v) is 5.34. The van der Waals surface area contributed by atoms with E-state index in [1.165, 1.54) is 6.08 Å². The summed E-state index contributed by atoms with van der Waals surface area (Å²) in [4.78, 5) is 13.6. The molecule has 0 bridgehead atoms. The fourth-order valence-corrected chi connectivity index (χ4v) is 1.44. The lowest BCUT2D eigenvalue weighted by Crippen LogP contribution is -2.27. The van der Waals surface area contributed by atoms with E-state index in [1.54, 1.807) is 6.92 Å². The zero-order valence-electron chi connectivity index (χ0n) is 9.90. The molecule has 1 aromatic rings. The highest BCUT2D eigenvalue weighted by Crippen LogP contribution is 2.29. The lowest BCUT2D eigenvalue weighted by atomic mass is 9.84. The van der Waals surface area contributed by atoms with Crippen LogP contribution < -0.4 is 0 Å². The van der Waals surface area contributed by atoms with Crippen LogP contribution in [0.4, 0.5) is 0 Å². The zero-order valence-corrected chi connectivity index (χ0v) is 9.90. The minimum Gasteiger partial charge on any atom is -0.385 e. The molecule has 0 amide bonds. The van der Waals surface area contributed by atoms with Crippen molar-refractivity contribution in [3.05, 3.63) is 35.4 Å². The second-order valence-electron chi connectivity index (χ2n) is 4.41. The van der Waals surface area contributed by atoms with Gasteiger partial charge in [-0.1, -0.05) is 38.1 Å². The van der Waals surface area contributed by atoms with Crippen LogP contribution in [-0.2, 0) is 16.9 Å². The van der Waals surface area contributed by atoms with Crippen molar-refractivity contribution in [2.45, 2.75) is 32.9 Å². The van der Waals surface area contributed by atoms with Gasteiger partial charge in [0.1, 0.15) is 0 Å². The highest BCUT2D eigenvalue weighted by molar-refractivity contribution is 5.34. The van der Waals surface area contributed by atoms with Gasteiger partial charge in [-0.05, 0) is 24.0 Å². The molecule has 86 valence electrons. The fraction of sp³-hybridized carbons (Fsp3) is 0.462. The Labute approximate surface area is 95.8 Å². The Hall–Kier alpha value is -1.44. The molecule has 0 aliphatic carbocycles. The van der Waals surface area contributed by atoms with Crippen LogP contribution in [0.3, 0.4) is 0 Å². The number of hydrogen-bond donors (Lipinski definition) is 1. The number of isocyanates is 1. The van der Waals surface area contributed by atoms with Gasteiger partial charge in [-0.2, -0.15) is 0 Å². The van der Waals surface area contributed by atoms with Crippen LogP contribution in [0, 0.1) is 5.92 Å². The Morgan fingerprint density at radius 3 is 2.75 bits per heavy atom. The molecule has 0 heterocycles. The van der Waals surface area contributed by atoms with Gasteiger partial charge in [0.05, 0.1) is 12.1 Å². The number of benzene rings is 1. The molecule has 1 rings (SSSR count). The number of carbonyl (C=O) groups excluding carboxylic acids is 1. The van der Waals surface area contributed by atoms with Crippen molar-refractivity contribution in [3.63, 3.8) is 0 Å². The molecular formula is C13H17NO2. The molecule has 0 spiro atoms. The van der Waals surface area contributed by atoms with E-state index in [1.807, 2.05) is 38.1 Å². The van der Waals surface area contributed by atoms with Gasteiger partial charge in [0.2, 0.25) is 6.08 Å². The second-order valence-corrected chi connectivity index (χ2v) is 4.41. The SMILES string of the molecule is CC(C)C(C)(O)c1cccc(CN=C=O)c1. The summed E-state index contributed by atoms with van der Waals surface area (Å²) in [6.07, 6.45) is 1.51. The highest BCUT2D eigenvalue weighted by Gasteiger charge is 2.27. The van der Waals surface area contributed by atoms with Gasteiger partial charge < -0.3 is 5.11 Å². The third-order valence-electron chi connectivity index (χ3n) is 2.96. The molecule has 16 heavy (non-hydrogen) atoms. The molecule has 0 saturated heterocycles. The van der Waals surface area contributed by atoms with Crippen LogP contribution in [0.5, 0.6) is 0 Å². The molecule has 0 aromatic heterocycles. The first kappa shape index (κ1) is 12.6. The second kappa shape index (κ2) is 5.06. The van der Waals surface area contributed by atoms with Crippen molar-refractivity contribution in [1.82, 2.24) is 0 Å². The van der Waals surface area contributed by atoms with E-state index in [-0.39, 0.29) is 5.92 Å². The Morgan fingerprint density at radius 1 is 1.50 bits per heavy atom. The van der Waals surface area contributed by atoms with Crippen molar-refractivity contribution in [2.24, 2.45) is 10.9 Å². The molecular weight excluding hydrogens is 202 g/mol. The molecule has 1 unspecified atom stereocenters. The number of nitrogens with zero attached hydrogens (tertiary/aromatic N) is 1. The predicted molar refractivity (Wildman–Crippen MR) is 62.7 cm³/mol. The van der Waals surface area contributed by atoms with Crippen molar-refractivity contribution < 1.29 is 9.90 Å². The Morgan fingerprint density at radius 2 is 2.19 bits per heavy atom. The summed E-state index contributed by atoms with van der Waals surface area (Å²) in [6, 6.07) is 7.50. The summed E-state index contributed by atoms with van der Waals surface area (Å²) >= 11 is 0. The topological polar surface area (TPSA) is 49.7 Å². The van der Waals surface area contributed by atoms with Gasteiger partial charge in [-0.25, -0.2) is 9.79 Å². The van der Waals surface area contributed by atoms with Gasteiger partial charge >= 0.3 is 0 Å². The maximum Gasteiger partial charge on any atom is 0.235 e. The number of aliphatic imine (C=N–C) groups is 1. The van der Waals surface area contributed by atoms with E-state index >= 15 is 0 Å². The van der Waals surface area contributed by atoms with Crippen LogP contribution >= 0.6 is 0 Å². The minimum absolute atomic E-state index is 0.123. The van der Waals surface area contributed by atoms with Gasteiger partial charge in [0.25, 0.3) is 0 Å². The lowest BCUT2D eigenvalue weighted by Gasteiger charge is -2.28. The monoisotopic (exact) mass is 219 g/mol. The molecule has 0 aliphatic rings. The van der Waals surface area contributed by atoms with E-state index in [9.17, 15) is 9.90 Å². The molecule has 0 fully saturated rings. The van der Waals surface area contributed by atoms with Crippen molar-refractivity contribution >= 4 is 6.08 Å². The average molecular weight is 219 g/mol. The molecule has 1 aromatic carbocycles. The molecule has 0 saturated carbocycles. The van der Waals surface area contributed by atoms with E-state index in [4.69, 9.17) is 0 Å². The lowest BCUT2D eigenvalue weighted by molar-refractivity contribution is 0.00899. The van der Waals surface area contributed by atoms with Gasteiger partial charge in [0, 0.05) is 0 Å². The van der Waals surface area contributed by atoms with Crippen LogP contribution in [0.25, 0.3) is 0 Å². The Balaban J connectivity index is 3.02. The number of rotatable bonds is 4. The van der Waals surface area contributed by atoms with Crippen molar-refractivity contribution in [3.8, 4) is 0 Å². The third kappa shape index (κ3) is 2.78. The van der Waals surface area contributed by atoms with E-state index < -0.39 is 5.60 Å². The Bertz CT molecular complexity index is 404. The summed E-state index contributed by atoms with van der Waals surface area (Å²) in [7, 11) is 0. The number of aliphatic hydroxyl groups is 1. The minimum atomic E-state index is -0.860. The van der Waals surface area contributed by atoms with E-state index in [2.05, 4.69) is 4.99 Å². The quantitative estimate of drug-likeness (QED) is 0.624. The van der Waals surface area contributed by atoms with Crippen LogP contribution in [0.15, 0.2) is 29.3 Å². The molecule has 1 N–H and O–H groups in total. The number of hydrogen-bond acceptors (Lipinski definition) is 3. The van der Waals surface area contributed by atoms with Crippen LogP contribution in [-0.4, -0.2) is 11.2 Å². The first-order valence-electron chi connectivity index (χ1n) is 5.34. The summed E-state index contributed by atoms with van der Waals surface area (Å²) in [6.45, 7) is 6.04. The maximum atomic E-state index is 10.3. The molecule has 1 atom stereocenters. The standard InChI is InChI=1S/C13H17NO2/c1-10(2)13(3,16)12-6-4-5-11(7-12)8-14-9-15/h4-7,10,16H,8H2,1-3H3. The van der Waals surface area contributed by atoms with E-state index in [0.717, 1.165) is 11.1 Å². The smallest absolute Gasteiger partial charge is 0.235 e. The Kier molecular flexibility index (Phi) is 3.99. The maximum absolute atomic E-state index is 10.3. The highest BCUT2D eigenvalue weighted by atomic mass is 16.3. The first-order chi connectivity index (χ1) is 7.48. The van der Waals surface area contributed by atoms with Gasteiger partial charge in [0.15, 0.2) is 0 Å². The largest absolute Gasteiger partial charge is 0.385 e. The molecule has 3 heteroatoms. The predicted octanol–water partition coefficient (Wildman–Crippen LogP) is 2.39. The normalized spacial score (nSPS) is 14.3. The zero-order chi connectivity index (χ0) is 12.2. The van der Waals surface area contributed by atoms with Crippen LogP contribution in [0.2, 0.25) is 0 Å². The van der Waals surface area contributed by atoms with Gasteiger partial charge in [-0.3, -0.25) is 0 Å².